The molecule has 5 nitrogen and oxygen atoms in total. The maximum absolute atomic E-state index is 12.2. The summed E-state index contributed by atoms with van der Waals surface area (Å²) >= 11 is 0. The van der Waals surface area contributed by atoms with E-state index in [2.05, 4.69) is 0 Å². The van der Waals surface area contributed by atoms with Gasteiger partial charge in [0.15, 0.2) is 0 Å². The summed E-state index contributed by atoms with van der Waals surface area (Å²) in [5.41, 5.74) is 2.46. The lowest BCUT2D eigenvalue weighted by molar-refractivity contribution is -0.130. The first-order valence-electron chi connectivity index (χ1n) is 7.54. The lowest BCUT2D eigenvalue weighted by Crippen LogP contribution is -2.37. The van der Waals surface area contributed by atoms with Gasteiger partial charge in [0.2, 0.25) is 15.9 Å². The Kier molecular flexibility index (Phi) is 6.41. The molecule has 1 aromatic carbocycles. The van der Waals surface area contributed by atoms with Crippen molar-refractivity contribution < 1.29 is 13.2 Å². The predicted octanol–water partition coefficient (Wildman–Crippen LogP) is 2.33. The number of benzene rings is 1. The van der Waals surface area contributed by atoms with Crippen LogP contribution < -0.4 is 4.31 Å². The number of anilines is 1. The van der Waals surface area contributed by atoms with Crippen LogP contribution in [-0.4, -0.2) is 45.1 Å². The Balaban J connectivity index is 3.05. The van der Waals surface area contributed by atoms with Crippen molar-refractivity contribution in [2.75, 3.05) is 30.2 Å². The Bertz CT molecular complexity index is 602. The van der Waals surface area contributed by atoms with Crippen molar-refractivity contribution in [2.24, 2.45) is 0 Å². The first-order chi connectivity index (χ1) is 10.2. The predicted molar refractivity (Wildman–Crippen MR) is 90.7 cm³/mol. The minimum Gasteiger partial charge on any atom is -0.343 e. The van der Waals surface area contributed by atoms with Crippen molar-refractivity contribution in [3.8, 4) is 0 Å². The highest BCUT2D eigenvalue weighted by Gasteiger charge is 2.22. The van der Waals surface area contributed by atoms with Crippen molar-refractivity contribution in [1.29, 1.82) is 0 Å². The molecule has 0 spiro atoms. The molecule has 1 rings (SSSR count). The van der Waals surface area contributed by atoms with Crippen LogP contribution in [0.3, 0.4) is 0 Å². The van der Waals surface area contributed by atoms with Gasteiger partial charge in [0.05, 0.1) is 11.9 Å². The fourth-order valence-electron chi connectivity index (χ4n) is 2.57. The number of hydrogen-bond acceptors (Lipinski definition) is 3. The quantitative estimate of drug-likeness (QED) is 0.773. The zero-order valence-corrected chi connectivity index (χ0v) is 14.9. The molecule has 0 fully saturated rings. The molecular formula is C16H26N2O3S. The minimum absolute atomic E-state index is 0.0233. The number of amides is 1. The molecule has 0 saturated heterocycles. The summed E-state index contributed by atoms with van der Waals surface area (Å²) in [7, 11) is -3.44. The number of sulfonamides is 1. The Labute approximate surface area is 134 Å². The summed E-state index contributed by atoms with van der Waals surface area (Å²) in [5, 5.41) is 0. The van der Waals surface area contributed by atoms with Gasteiger partial charge in [0, 0.05) is 26.1 Å². The first-order valence-corrected chi connectivity index (χ1v) is 9.38. The SMILES string of the molecule is CCN(CC)C(=O)CCN(c1c(C)cccc1C)S(C)(=O)=O. The fourth-order valence-corrected chi connectivity index (χ4v) is 3.62. The Morgan fingerprint density at radius 3 is 2.00 bits per heavy atom. The average Bonchev–Trinajstić information content (AvgIpc) is 2.42. The van der Waals surface area contributed by atoms with Crippen LogP contribution in [0.15, 0.2) is 18.2 Å². The van der Waals surface area contributed by atoms with Crippen LogP contribution in [0.4, 0.5) is 5.69 Å². The molecule has 0 N–H and O–H groups in total. The normalized spacial score (nSPS) is 11.3. The Morgan fingerprint density at radius 1 is 1.09 bits per heavy atom. The van der Waals surface area contributed by atoms with Crippen molar-refractivity contribution in [3.05, 3.63) is 29.3 Å². The first kappa shape index (κ1) is 18.5. The van der Waals surface area contributed by atoms with Crippen molar-refractivity contribution in [3.63, 3.8) is 0 Å². The molecule has 0 atom stereocenters. The van der Waals surface area contributed by atoms with Gasteiger partial charge in [0.1, 0.15) is 0 Å². The number of hydrogen-bond donors (Lipinski definition) is 0. The van der Waals surface area contributed by atoms with E-state index in [1.807, 2.05) is 45.9 Å². The van der Waals surface area contributed by atoms with Gasteiger partial charge in [-0.25, -0.2) is 8.42 Å². The van der Waals surface area contributed by atoms with E-state index in [-0.39, 0.29) is 18.9 Å². The van der Waals surface area contributed by atoms with Crippen LogP contribution in [0.5, 0.6) is 0 Å². The Hall–Kier alpha value is -1.56. The van der Waals surface area contributed by atoms with Crippen LogP contribution in [0.1, 0.15) is 31.4 Å². The summed E-state index contributed by atoms with van der Waals surface area (Å²) in [6, 6.07) is 5.66. The second kappa shape index (κ2) is 7.63. The standard InChI is InChI=1S/C16H26N2O3S/c1-6-17(7-2)15(19)11-12-18(22(5,20)21)16-13(3)9-8-10-14(16)4/h8-10H,6-7,11-12H2,1-5H3. The molecule has 0 unspecified atom stereocenters. The fraction of sp³-hybridized carbons (Fsp3) is 0.562. The van der Waals surface area contributed by atoms with E-state index in [0.717, 1.165) is 11.1 Å². The zero-order valence-electron chi connectivity index (χ0n) is 14.1. The summed E-state index contributed by atoms with van der Waals surface area (Å²) < 4.78 is 25.7. The third-order valence-corrected chi connectivity index (χ3v) is 4.90. The van der Waals surface area contributed by atoms with Gasteiger partial charge in [-0.05, 0) is 38.8 Å². The van der Waals surface area contributed by atoms with Gasteiger partial charge in [-0.2, -0.15) is 0 Å². The number of carbonyl (C=O) groups excluding carboxylic acids is 1. The monoisotopic (exact) mass is 326 g/mol. The summed E-state index contributed by atoms with van der Waals surface area (Å²) in [6.07, 6.45) is 1.36. The number of aryl methyl sites for hydroxylation is 2. The molecule has 22 heavy (non-hydrogen) atoms. The molecule has 6 heteroatoms. The molecule has 0 radical (unpaired) electrons. The Morgan fingerprint density at radius 2 is 1.59 bits per heavy atom. The number of carbonyl (C=O) groups is 1. The van der Waals surface area contributed by atoms with Crippen molar-refractivity contribution in [2.45, 2.75) is 34.1 Å². The summed E-state index contributed by atoms with van der Waals surface area (Å²) in [4.78, 5) is 13.9. The number of nitrogens with zero attached hydrogens (tertiary/aromatic N) is 2. The number of para-hydroxylation sites is 1. The van der Waals surface area contributed by atoms with E-state index >= 15 is 0 Å². The summed E-state index contributed by atoms with van der Waals surface area (Å²) in [6.45, 7) is 9.04. The molecule has 0 heterocycles. The van der Waals surface area contributed by atoms with E-state index in [9.17, 15) is 13.2 Å². The molecule has 0 saturated carbocycles. The minimum atomic E-state index is -3.44. The molecule has 1 amide bonds. The van der Waals surface area contributed by atoms with Gasteiger partial charge < -0.3 is 4.90 Å². The van der Waals surface area contributed by atoms with E-state index in [4.69, 9.17) is 0 Å². The molecule has 0 aliphatic heterocycles. The van der Waals surface area contributed by atoms with Crippen molar-refractivity contribution >= 4 is 21.6 Å². The lowest BCUT2D eigenvalue weighted by Gasteiger charge is -2.27. The van der Waals surface area contributed by atoms with Gasteiger partial charge in [0.25, 0.3) is 0 Å². The third kappa shape index (κ3) is 4.47. The molecule has 0 aromatic heterocycles. The highest BCUT2D eigenvalue weighted by atomic mass is 32.2. The van der Waals surface area contributed by atoms with Crippen LogP contribution in [0.25, 0.3) is 0 Å². The topological polar surface area (TPSA) is 57.7 Å². The van der Waals surface area contributed by atoms with Crippen LogP contribution in [-0.2, 0) is 14.8 Å². The van der Waals surface area contributed by atoms with Gasteiger partial charge >= 0.3 is 0 Å². The average molecular weight is 326 g/mol. The van der Waals surface area contributed by atoms with Gasteiger partial charge in [-0.3, -0.25) is 9.10 Å². The van der Waals surface area contributed by atoms with E-state index < -0.39 is 10.0 Å². The largest absolute Gasteiger partial charge is 0.343 e. The van der Waals surface area contributed by atoms with Crippen LogP contribution in [0, 0.1) is 13.8 Å². The molecular weight excluding hydrogens is 300 g/mol. The smallest absolute Gasteiger partial charge is 0.232 e. The molecule has 0 aliphatic carbocycles. The maximum atomic E-state index is 12.2. The molecule has 0 bridgehead atoms. The highest BCUT2D eigenvalue weighted by Crippen LogP contribution is 2.26. The van der Waals surface area contributed by atoms with E-state index in [1.165, 1.54) is 10.6 Å². The zero-order chi connectivity index (χ0) is 16.9. The second-order valence-electron chi connectivity index (χ2n) is 5.39. The molecule has 1 aromatic rings. The number of rotatable bonds is 7. The van der Waals surface area contributed by atoms with Crippen LogP contribution >= 0.6 is 0 Å². The van der Waals surface area contributed by atoms with Crippen molar-refractivity contribution in [1.82, 2.24) is 4.90 Å². The van der Waals surface area contributed by atoms with Gasteiger partial charge in [-0.1, -0.05) is 18.2 Å². The molecule has 0 aliphatic rings. The van der Waals surface area contributed by atoms with E-state index in [1.54, 1.807) is 4.90 Å². The lowest BCUT2D eigenvalue weighted by atomic mass is 10.1. The van der Waals surface area contributed by atoms with Crippen LogP contribution in [0.2, 0.25) is 0 Å². The summed E-state index contributed by atoms with van der Waals surface area (Å²) in [5.74, 6) is -0.0233. The van der Waals surface area contributed by atoms with E-state index in [0.29, 0.717) is 18.8 Å². The second-order valence-corrected chi connectivity index (χ2v) is 7.30. The third-order valence-electron chi connectivity index (χ3n) is 3.73. The maximum Gasteiger partial charge on any atom is 0.232 e. The molecule has 124 valence electrons. The highest BCUT2D eigenvalue weighted by molar-refractivity contribution is 7.92. The van der Waals surface area contributed by atoms with Gasteiger partial charge in [-0.15, -0.1) is 0 Å².